The highest BCUT2D eigenvalue weighted by atomic mass is 14.9. The smallest absolute Gasteiger partial charge is 0.0295 e. The Labute approximate surface area is 158 Å². The zero-order valence-electron chi connectivity index (χ0n) is 16.0. The number of allylic oxidation sites excluding steroid dienone is 13. The Bertz CT molecular complexity index is 738. The van der Waals surface area contributed by atoms with Crippen molar-refractivity contribution < 1.29 is 0 Å². The van der Waals surface area contributed by atoms with Gasteiger partial charge in [-0.3, -0.25) is 0 Å². The molecule has 0 saturated heterocycles. The summed E-state index contributed by atoms with van der Waals surface area (Å²) >= 11 is 0. The molecule has 0 spiro atoms. The number of hydrogen-bond donors (Lipinski definition) is 1. The largest absolute Gasteiger partial charge is 0.385 e. The predicted octanol–water partition coefficient (Wildman–Crippen LogP) is 6.31. The van der Waals surface area contributed by atoms with Crippen molar-refractivity contribution in [3.05, 3.63) is 83.2 Å². The van der Waals surface area contributed by atoms with E-state index in [4.69, 9.17) is 0 Å². The summed E-state index contributed by atoms with van der Waals surface area (Å²) in [5, 5.41) is 3.86. The lowest BCUT2D eigenvalue weighted by atomic mass is 9.83. The fraction of sp³-hybridized carbons (Fsp3) is 0.440. The molecule has 0 aromatic rings. The quantitative estimate of drug-likeness (QED) is 0.588. The molecule has 0 saturated carbocycles. The molecule has 0 amide bonds. The lowest BCUT2D eigenvalue weighted by Gasteiger charge is -2.31. The zero-order valence-corrected chi connectivity index (χ0v) is 16.0. The van der Waals surface area contributed by atoms with Crippen LogP contribution in [0.5, 0.6) is 0 Å². The molecule has 136 valence electrons. The summed E-state index contributed by atoms with van der Waals surface area (Å²) in [6.07, 6.45) is 31.4. The lowest BCUT2D eigenvalue weighted by molar-refractivity contribution is 0.458. The van der Waals surface area contributed by atoms with Crippen LogP contribution in [-0.4, -0.2) is 6.04 Å². The van der Waals surface area contributed by atoms with E-state index in [1.165, 1.54) is 61.8 Å². The third-order valence-corrected chi connectivity index (χ3v) is 6.22. The molecular formula is C25H31N. The van der Waals surface area contributed by atoms with Crippen LogP contribution in [0.15, 0.2) is 83.2 Å². The molecule has 1 heteroatoms. The van der Waals surface area contributed by atoms with Crippen LogP contribution in [0, 0.1) is 11.8 Å². The van der Waals surface area contributed by atoms with Crippen LogP contribution in [-0.2, 0) is 0 Å². The summed E-state index contributed by atoms with van der Waals surface area (Å²) < 4.78 is 0. The van der Waals surface area contributed by atoms with Gasteiger partial charge in [-0.2, -0.15) is 0 Å². The van der Waals surface area contributed by atoms with Gasteiger partial charge in [0.15, 0.2) is 0 Å². The third kappa shape index (κ3) is 4.03. The maximum atomic E-state index is 3.86. The van der Waals surface area contributed by atoms with Crippen LogP contribution in [0.3, 0.4) is 0 Å². The summed E-state index contributed by atoms with van der Waals surface area (Å²) in [6.45, 7) is 2.37. The monoisotopic (exact) mass is 345 g/mol. The molecule has 0 radical (unpaired) electrons. The zero-order chi connectivity index (χ0) is 17.8. The highest BCUT2D eigenvalue weighted by Crippen LogP contribution is 2.33. The van der Waals surface area contributed by atoms with E-state index in [0.717, 1.165) is 0 Å². The summed E-state index contributed by atoms with van der Waals surface area (Å²) in [5.74, 6) is 1.25. The van der Waals surface area contributed by atoms with Crippen molar-refractivity contribution in [1.29, 1.82) is 0 Å². The average molecular weight is 346 g/mol. The van der Waals surface area contributed by atoms with Crippen LogP contribution < -0.4 is 5.32 Å². The molecule has 1 nitrogen and oxygen atoms in total. The second-order valence-corrected chi connectivity index (χ2v) is 8.13. The molecule has 0 aromatic carbocycles. The number of nitrogens with one attached hydrogen (secondary N) is 1. The Morgan fingerprint density at radius 3 is 2.58 bits per heavy atom. The normalized spacial score (nSPS) is 31.0. The van der Waals surface area contributed by atoms with Crippen molar-refractivity contribution in [3.63, 3.8) is 0 Å². The first-order valence-corrected chi connectivity index (χ1v) is 10.3. The number of hydrogen-bond acceptors (Lipinski definition) is 1. The van der Waals surface area contributed by atoms with E-state index in [9.17, 15) is 0 Å². The summed E-state index contributed by atoms with van der Waals surface area (Å²) in [6, 6.07) is 0.599. The fourth-order valence-electron chi connectivity index (χ4n) is 4.57. The molecule has 4 aliphatic carbocycles. The minimum atomic E-state index is 0.596. The summed E-state index contributed by atoms with van der Waals surface area (Å²) in [4.78, 5) is 0. The van der Waals surface area contributed by atoms with Crippen molar-refractivity contribution in [2.45, 2.75) is 57.9 Å². The summed E-state index contributed by atoms with van der Waals surface area (Å²) in [5.41, 5.74) is 6.15. The van der Waals surface area contributed by atoms with Crippen molar-refractivity contribution in [2.24, 2.45) is 11.8 Å². The Balaban J connectivity index is 1.36. The third-order valence-electron chi connectivity index (χ3n) is 6.22. The molecular weight excluding hydrogens is 314 g/mol. The average Bonchev–Trinajstić information content (AvgIpc) is 2.71. The van der Waals surface area contributed by atoms with E-state index in [-0.39, 0.29) is 0 Å². The van der Waals surface area contributed by atoms with E-state index in [1.54, 1.807) is 5.57 Å². The predicted molar refractivity (Wildman–Crippen MR) is 112 cm³/mol. The minimum Gasteiger partial charge on any atom is -0.385 e. The SMILES string of the molecule is CC1CC(C2=CC=CCC2)=CC=C1NC1CC=C(C2C=CC=CC2)CC1. The number of rotatable bonds is 4. The maximum absolute atomic E-state index is 3.86. The van der Waals surface area contributed by atoms with Crippen LogP contribution in [0.1, 0.15) is 51.9 Å². The molecule has 0 aromatic heterocycles. The van der Waals surface area contributed by atoms with E-state index < -0.39 is 0 Å². The van der Waals surface area contributed by atoms with Gasteiger partial charge in [0, 0.05) is 17.7 Å². The molecule has 3 atom stereocenters. The first-order chi connectivity index (χ1) is 12.8. The van der Waals surface area contributed by atoms with Gasteiger partial charge in [-0.1, -0.05) is 67.2 Å². The van der Waals surface area contributed by atoms with Crippen LogP contribution >= 0.6 is 0 Å². The van der Waals surface area contributed by atoms with Gasteiger partial charge in [0.2, 0.25) is 0 Å². The van der Waals surface area contributed by atoms with Crippen LogP contribution in [0.25, 0.3) is 0 Å². The topological polar surface area (TPSA) is 12.0 Å². The van der Waals surface area contributed by atoms with Gasteiger partial charge in [-0.15, -0.1) is 0 Å². The van der Waals surface area contributed by atoms with Gasteiger partial charge in [-0.25, -0.2) is 0 Å². The van der Waals surface area contributed by atoms with E-state index in [1.807, 2.05) is 0 Å². The molecule has 4 rings (SSSR count). The Morgan fingerprint density at radius 2 is 1.88 bits per heavy atom. The Morgan fingerprint density at radius 1 is 0.923 bits per heavy atom. The first-order valence-electron chi connectivity index (χ1n) is 10.3. The highest BCUT2D eigenvalue weighted by molar-refractivity contribution is 5.42. The van der Waals surface area contributed by atoms with Crippen molar-refractivity contribution >= 4 is 0 Å². The molecule has 3 unspecified atom stereocenters. The molecule has 4 aliphatic rings. The standard InChI is InChI=1S/C25H31N/c1-19-18-23(21-10-6-3-7-11-21)14-17-25(19)26-24-15-12-22(13-16-24)20-8-4-2-5-9-20/h2-6,8,10,12,14,17,19-20,24,26H,7,9,11,13,15-16,18H2,1H3. The van der Waals surface area contributed by atoms with Crippen LogP contribution in [0.4, 0.5) is 0 Å². The Hall–Kier alpha value is -2.02. The molecule has 0 bridgehead atoms. The van der Waals surface area contributed by atoms with Gasteiger partial charge in [-0.05, 0) is 68.1 Å². The molecule has 1 N–H and O–H groups in total. The molecule has 26 heavy (non-hydrogen) atoms. The Kier molecular flexibility index (Phi) is 5.43. The van der Waals surface area contributed by atoms with Gasteiger partial charge in [0.1, 0.15) is 0 Å². The van der Waals surface area contributed by atoms with E-state index in [0.29, 0.717) is 17.9 Å². The molecule has 0 fully saturated rings. The summed E-state index contributed by atoms with van der Waals surface area (Å²) in [7, 11) is 0. The van der Waals surface area contributed by atoms with Gasteiger partial charge < -0.3 is 5.32 Å². The molecule has 0 aliphatic heterocycles. The van der Waals surface area contributed by atoms with Gasteiger partial charge in [0.05, 0.1) is 0 Å². The maximum Gasteiger partial charge on any atom is 0.0295 e. The van der Waals surface area contributed by atoms with Gasteiger partial charge in [0.25, 0.3) is 0 Å². The van der Waals surface area contributed by atoms with E-state index >= 15 is 0 Å². The minimum absolute atomic E-state index is 0.596. The lowest BCUT2D eigenvalue weighted by Crippen LogP contribution is -2.33. The van der Waals surface area contributed by atoms with E-state index in [2.05, 4.69) is 73.0 Å². The first kappa shape index (κ1) is 17.4. The molecule has 0 heterocycles. The second kappa shape index (κ2) is 8.12. The van der Waals surface area contributed by atoms with Crippen LogP contribution in [0.2, 0.25) is 0 Å². The highest BCUT2D eigenvalue weighted by Gasteiger charge is 2.23. The van der Waals surface area contributed by atoms with Crippen molar-refractivity contribution in [3.8, 4) is 0 Å². The van der Waals surface area contributed by atoms with Crippen molar-refractivity contribution in [2.75, 3.05) is 0 Å². The fourth-order valence-corrected chi connectivity index (χ4v) is 4.57. The van der Waals surface area contributed by atoms with Crippen molar-refractivity contribution in [1.82, 2.24) is 5.32 Å². The second-order valence-electron chi connectivity index (χ2n) is 8.13. The van der Waals surface area contributed by atoms with Gasteiger partial charge >= 0.3 is 0 Å².